The first-order chi connectivity index (χ1) is 12.3. The van der Waals surface area contributed by atoms with E-state index in [1.807, 2.05) is 29.3 Å². The van der Waals surface area contributed by atoms with Crippen LogP contribution >= 0.6 is 11.8 Å². The fourth-order valence-electron chi connectivity index (χ4n) is 3.39. The maximum atomic E-state index is 12.4. The van der Waals surface area contributed by atoms with Gasteiger partial charge in [0, 0.05) is 44.2 Å². The van der Waals surface area contributed by atoms with Crippen LogP contribution in [0, 0.1) is 5.92 Å². The normalized spacial score (nSPS) is 15.5. The summed E-state index contributed by atoms with van der Waals surface area (Å²) < 4.78 is 2.28. The molecule has 0 N–H and O–H groups in total. The molecule has 2 heterocycles. The number of hydrogen-bond acceptors (Lipinski definition) is 3. The Bertz CT molecular complexity index is 663. The molecule has 1 fully saturated rings. The molecule has 0 aliphatic carbocycles. The SMILES string of the molecule is CCc1nccn1CC1CCN(C(=O)CSCc2ccccc2)CC1. The Balaban J connectivity index is 1.39. The highest BCUT2D eigenvalue weighted by Gasteiger charge is 2.23. The van der Waals surface area contributed by atoms with E-state index in [0.717, 1.165) is 50.5 Å². The highest BCUT2D eigenvalue weighted by molar-refractivity contribution is 7.99. The number of piperidine rings is 1. The summed E-state index contributed by atoms with van der Waals surface area (Å²) in [6, 6.07) is 10.4. The minimum atomic E-state index is 0.288. The zero-order valence-corrected chi connectivity index (χ0v) is 15.8. The van der Waals surface area contributed by atoms with Gasteiger partial charge in [-0.2, -0.15) is 0 Å². The highest BCUT2D eigenvalue weighted by atomic mass is 32.2. The van der Waals surface area contributed by atoms with Crippen molar-refractivity contribution in [3.05, 3.63) is 54.1 Å². The first-order valence-corrected chi connectivity index (χ1v) is 10.3. The molecule has 25 heavy (non-hydrogen) atoms. The van der Waals surface area contributed by atoms with Crippen molar-refractivity contribution in [2.24, 2.45) is 5.92 Å². The maximum absolute atomic E-state index is 12.4. The maximum Gasteiger partial charge on any atom is 0.232 e. The molecule has 1 aromatic carbocycles. The fraction of sp³-hybridized carbons (Fsp3) is 0.500. The van der Waals surface area contributed by atoms with Gasteiger partial charge in [-0.3, -0.25) is 4.79 Å². The molecular weight excluding hydrogens is 330 g/mol. The number of carbonyl (C=O) groups is 1. The van der Waals surface area contributed by atoms with Crippen molar-refractivity contribution in [3.8, 4) is 0 Å². The van der Waals surface area contributed by atoms with E-state index in [2.05, 4.69) is 34.8 Å². The topological polar surface area (TPSA) is 38.1 Å². The second kappa shape index (κ2) is 9.09. The molecule has 0 atom stereocenters. The summed E-state index contributed by atoms with van der Waals surface area (Å²) in [7, 11) is 0. The number of aromatic nitrogens is 2. The third-order valence-corrected chi connectivity index (χ3v) is 5.87. The third kappa shape index (κ3) is 5.11. The van der Waals surface area contributed by atoms with Gasteiger partial charge in [-0.15, -0.1) is 11.8 Å². The summed E-state index contributed by atoms with van der Waals surface area (Å²) in [5, 5.41) is 0. The molecule has 0 bridgehead atoms. The molecule has 1 saturated heterocycles. The van der Waals surface area contributed by atoms with E-state index in [-0.39, 0.29) is 5.91 Å². The first-order valence-electron chi connectivity index (χ1n) is 9.15. The Morgan fingerprint density at radius 1 is 1.24 bits per heavy atom. The molecule has 3 rings (SSSR count). The highest BCUT2D eigenvalue weighted by Crippen LogP contribution is 2.21. The summed E-state index contributed by atoms with van der Waals surface area (Å²) in [4.78, 5) is 18.8. The van der Waals surface area contributed by atoms with Crippen molar-refractivity contribution in [3.63, 3.8) is 0 Å². The number of rotatable bonds is 7. The zero-order valence-electron chi connectivity index (χ0n) is 14.9. The van der Waals surface area contributed by atoms with Crippen LogP contribution in [0.3, 0.4) is 0 Å². The standard InChI is InChI=1S/C20H27N3OS/c1-2-19-21-10-13-23(19)14-17-8-11-22(12-9-17)20(24)16-25-15-18-6-4-3-5-7-18/h3-7,10,13,17H,2,8-9,11-12,14-16H2,1H3. The Labute approximate surface area is 154 Å². The molecule has 1 aromatic heterocycles. The largest absolute Gasteiger partial charge is 0.342 e. The summed E-state index contributed by atoms with van der Waals surface area (Å²) in [6.07, 6.45) is 7.13. The zero-order chi connectivity index (χ0) is 17.5. The number of benzene rings is 1. The number of thioether (sulfide) groups is 1. The molecule has 1 aliphatic rings. The van der Waals surface area contributed by atoms with Crippen molar-refractivity contribution in [1.29, 1.82) is 0 Å². The molecule has 5 heteroatoms. The van der Waals surface area contributed by atoms with Crippen LogP contribution in [0.4, 0.5) is 0 Å². The van der Waals surface area contributed by atoms with Gasteiger partial charge in [0.25, 0.3) is 0 Å². The third-order valence-electron chi connectivity index (χ3n) is 4.88. The van der Waals surface area contributed by atoms with Gasteiger partial charge in [0.15, 0.2) is 0 Å². The van der Waals surface area contributed by atoms with Crippen LogP contribution in [0.15, 0.2) is 42.7 Å². The molecule has 4 nitrogen and oxygen atoms in total. The molecule has 0 unspecified atom stereocenters. The average Bonchev–Trinajstić information content (AvgIpc) is 3.10. The predicted molar refractivity (Wildman–Crippen MR) is 104 cm³/mol. The smallest absolute Gasteiger partial charge is 0.232 e. The molecule has 1 aliphatic heterocycles. The van der Waals surface area contributed by atoms with Crippen LogP contribution in [0.5, 0.6) is 0 Å². The van der Waals surface area contributed by atoms with Crippen LogP contribution in [-0.4, -0.2) is 39.2 Å². The Hall–Kier alpha value is -1.75. The predicted octanol–water partition coefficient (Wildman–Crippen LogP) is 3.62. The van der Waals surface area contributed by atoms with Gasteiger partial charge in [0.2, 0.25) is 5.91 Å². The molecule has 134 valence electrons. The van der Waals surface area contributed by atoms with Crippen molar-refractivity contribution in [2.45, 2.75) is 38.5 Å². The van der Waals surface area contributed by atoms with Crippen molar-refractivity contribution < 1.29 is 4.79 Å². The molecule has 0 radical (unpaired) electrons. The molecule has 0 spiro atoms. The average molecular weight is 358 g/mol. The Morgan fingerprint density at radius 3 is 2.72 bits per heavy atom. The number of carbonyl (C=O) groups excluding carboxylic acids is 1. The van der Waals surface area contributed by atoms with Gasteiger partial charge in [0.05, 0.1) is 5.75 Å². The number of aryl methyl sites for hydroxylation is 1. The lowest BCUT2D eigenvalue weighted by atomic mass is 9.96. The van der Waals surface area contributed by atoms with Gasteiger partial charge in [-0.05, 0) is 24.3 Å². The minimum Gasteiger partial charge on any atom is -0.342 e. The number of likely N-dealkylation sites (tertiary alicyclic amines) is 1. The fourth-order valence-corrected chi connectivity index (χ4v) is 4.27. The van der Waals surface area contributed by atoms with E-state index in [0.29, 0.717) is 11.7 Å². The summed E-state index contributed by atoms with van der Waals surface area (Å²) in [5.74, 6) is 3.59. The van der Waals surface area contributed by atoms with Crippen molar-refractivity contribution >= 4 is 17.7 Å². The van der Waals surface area contributed by atoms with Gasteiger partial charge in [-0.1, -0.05) is 37.3 Å². The van der Waals surface area contributed by atoms with E-state index >= 15 is 0 Å². The number of nitrogens with zero attached hydrogens (tertiary/aromatic N) is 3. The molecule has 0 saturated carbocycles. The summed E-state index contributed by atoms with van der Waals surface area (Å²) in [5.41, 5.74) is 1.28. The van der Waals surface area contributed by atoms with E-state index in [4.69, 9.17) is 0 Å². The van der Waals surface area contributed by atoms with Gasteiger partial charge in [-0.25, -0.2) is 4.98 Å². The lowest BCUT2D eigenvalue weighted by Gasteiger charge is -2.32. The number of amides is 1. The van der Waals surface area contributed by atoms with Crippen molar-refractivity contribution in [2.75, 3.05) is 18.8 Å². The minimum absolute atomic E-state index is 0.288. The van der Waals surface area contributed by atoms with Crippen LogP contribution < -0.4 is 0 Å². The lowest BCUT2D eigenvalue weighted by Crippen LogP contribution is -2.40. The number of hydrogen-bond donors (Lipinski definition) is 0. The lowest BCUT2D eigenvalue weighted by molar-refractivity contribution is -0.129. The Morgan fingerprint density at radius 2 is 2.00 bits per heavy atom. The van der Waals surface area contributed by atoms with Gasteiger partial charge < -0.3 is 9.47 Å². The van der Waals surface area contributed by atoms with E-state index in [9.17, 15) is 4.79 Å². The molecule has 1 amide bonds. The molecular formula is C20H27N3OS. The molecule has 2 aromatic rings. The van der Waals surface area contributed by atoms with Gasteiger partial charge in [0.1, 0.15) is 5.82 Å². The Kier molecular flexibility index (Phi) is 6.56. The summed E-state index contributed by atoms with van der Waals surface area (Å²) >= 11 is 1.71. The van der Waals surface area contributed by atoms with Crippen LogP contribution in [-0.2, 0) is 23.5 Å². The van der Waals surface area contributed by atoms with Crippen LogP contribution in [0.1, 0.15) is 31.2 Å². The monoisotopic (exact) mass is 357 g/mol. The second-order valence-electron chi connectivity index (χ2n) is 6.65. The van der Waals surface area contributed by atoms with E-state index in [1.165, 1.54) is 5.56 Å². The van der Waals surface area contributed by atoms with Gasteiger partial charge >= 0.3 is 0 Å². The van der Waals surface area contributed by atoms with Crippen LogP contribution in [0.2, 0.25) is 0 Å². The van der Waals surface area contributed by atoms with Crippen LogP contribution in [0.25, 0.3) is 0 Å². The summed E-state index contributed by atoms with van der Waals surface area (Å²) in [6.45, 7) is 4.97. The van der Waals surface area contributed by atoms with E-state index < -0.39 is 0 Å². The quantitative estimate of drug-likeness (QED) is 0.760. The van der Waals surface area contributed by atoms with E-state index in [1.54, 1.807) is 11.8 Å². The van der Waals surface area contributed by atoms with Crippen molar-refractivity contribution in [1.82, 2.24) is 14.5 Å². The second-order valence-corrected chi connectivity index (χ2v) is 7.64. The number of imidazole rings is 1. The first kappa shape index (κ1) is 18.1.